The van der Waals surface area contributed by atoms with E-state index in [4.69, 9.17) is 14.6 Å². The van der Waals surface area contributed by atoms with Gasteiger partial charge in [-0.05, 0) is 23.3 Å². The minimum Gasteiger partial charge on any atom is -0.481 e. The Morgan fingerprint density at radius 1 is 1.11 bits per heavy atom. The molecule has 0 fully saturated rings. The molecule has 96 valence electrons. The van der Waals surface area contributed by atoms with E-state index in [-0.39, 0.29) is 13.2 Å². The van der Waals surface area contributed by atoms with Crippen molar-refractivity contribution in [3.8, 4) is 22.6 Å². The van der Waals surface area contributed by atoms with Crippen molar-refractivity contribution in [2.45, 2.75) is 6.42 Å². The first kappa shape index (κ1) is 11.6. The Hall–Kier alpha value is -2.49. The van der Waals surface area contributed by atoms with Gasteiger partial charge >= 0.3 is 5.97 Å². The molecule has 3 rings (SSSR count). The highest BCUT2D eigenvalue weighted by Crippen LogP contribution is 2.35. The van der Waals surface area contributed by atoms with Crippen LogP contribution >= 0.6 is 0 Å². The smallest absolute Gasteiger partial charge is 0.307 e. The maximum absolute atomic E-state index is 10.6. The fourth-order valence-electron chi connectivity index (χ4n) is 2.09. The molecular weight excluding hydrogens is 244 g/mol. The molecule has 1 aliphatic rings. The first-order valence-corrected chi connectivity index (χ1v) is 5.93. The number of rotatable bonds is 3. The summed E-state index contributed by atoms with van der Waals surface area (Å²) in [4.78, 5) is 10.6. The number of hydrogen-bond donors (Lipinski definition) is 1. The van der Waals surface area contributed by atoms with Gasteiger partial charge < -0.3 is 14.6 Å². The summed E-state index contributed by atoms with van der Waals surface area (Å²) in [6.45, 7) is 0.228. The molecule has 4 nitrogen and oxygen atoms in total. The average molecular weight is 256 g/mol. The lowest BCUT2D eigenvalue weighted by Gasteiger charge is -2.18. The van der Waals surface area contributed by atoms with Gasteiger partial charge in [-0.15, -0.1) is 0 Å². The Bertz CT molecular complexity index is 617. The van der Waals surface area contributed by atoms with E-state index in [2.05, 4.69) is 0 Å². The van der Waals surface area contributed by atoms with E-state index in [1.165, 1.54) is 0 Å². The van der Waals surface area contributed by atoms with E-state index in [9.17, 15) is 4.79 Å². The quantitative estimate of drug-likeness (QED) is 0.917. The van der Waals surface area contributed by atoms with Crippen LogP contribution in [0.15, 0.2) is 42.5 Å². The lowest BCUT2D eigenvalue weighted by atomic mass is 10.0. The first-order valence-electron chi connectivity index (χ1n) is 5.93. The van der Waals surface area contributed by atoms with Crippen LogP contribution in [-0.2, 0) is 11.2 Å². The van der Waals surface area contributed by atoms with Gasteiger partial charge in [-0.2, -0.15) is 0 Å². The van der Waals surface area contributed by atoms with Gasteiger partial charge in [0.2, 0.25) is 6.79 Å². The molecule has 0 saturated heterocycles. The Labute approximate surface area is 110 Å². The van der Waals surface area contributed by atoms with Crippen molar-refractivity contribution in [1.29, 1.82) is 0 Å². The summed E-state index contributed by atoms with van der Waals surface area (Å²) < 4.78 is 10.7. The summed E-state index contributed by atoms with van der Waals surface area (Å²) in [5.41, 5.74) is 2.76. The topological polar surface area (TPSA) is 55.8 Å². The number of ether oxygens (including phenoxy) is 2. The number of aliphatic carboxylic acids is 1. The Morgan fingerprint density at radius 3 is 2.63 bits per heavy atom. The zero-order valence-electron chi connectivity index (χ0n) is 10.1. The fourth-order valence-corrected chi connectivity index (χ4v) is 2.09. The van der Waals surface area contributed by atoms with Gasteiger partial charge in [0, 0.05) is 11.6 Å². The molecule has 2 aromatic carbocycles. The van der Waals surface area contributed by atoms with Crippen LogP contribution in [0.3, 0.4) is 0 Å². The SMILES string of the molecule is O=C(O)Cc1ccc(-c2ccc3cc2OCO3)cc1. The van der Waals surface area contributed by atoms with Crippen LogP contribution in [0.1, 0.15) is 5.56 Å². The molecular formula is C15H12O4. The lowest BCUT2D eigenvalue weighted by molar-refractivity contribution is -0.136. The summed E-state index contributed by atoms with van der Waals surface area (Å²) in [5.74, 6) is 0.759. The standard InChI is InChI=1S/C15H12O4/c16-15(17)7-10-1-3-11(4-2-10)13-6-5-12-8-14(13)19-9-18-12/h1-6,8H,7,9H2,(H,16,17). The van der Waals surface area contributed by atoms with E-state index in [0.29, 0.717) is 0 Å². The largest absolute Gasteiger partial charge is 0.481 e. The van der Waals surface area contributed by atoms with E-state index < -0.39 is 5.97 Å². The zero-order chi connectivity index (χ0) is 13.2. The molecule has 2 bridgehead atoms. The number of carboxylic acids is 1. The summed E-state index contributed by atoms with van der Waals surface area (Å²) in [5, 5.41) is 8.74. The van der Waals surface area contributed by atoms with Gasteiger partial charge in [-0.3, -0.25) is 4.79 Å². The predicted molar refractivity (Wildman–Crippen MR) is 69.3 cm³/mol. The third-order valence-electron chi connectivity index (χ3n) is 3.01. The summed E-state index contributed by atoms with van der Waals surface area (Å²) in [6.07, 6.45) is 0.0381. The monoisotopic (exact) mass is 256 g/mol. The summed E-state index contributed by atoms with van der Waals surface area (Å²) in [7, 11) is 0. The Balaban J connectivity index is 1.92. The molecule has 0 atom stereocenters. The molecule has 4 heteroatoms. The van der Waals surface area contributed by atoms with Crippen LogP contribution in [0.5, 0.6) is 11.5 Å². The third kappa shape index (κ3) is 2.38. The molecule has 2 aromatic rings. The molecule has 19 heavy (non-hydrogen) atoms. The zero-order valence-corrected chi connectivity index (χ0v) is 10.1. The second-order valence-electron chi connectivity index (χ2n) is 4.33. The van der Waals surface area contributed by atoms with Crippen molar-refractivity contribution < 1.29 is 19.4 Å². The van der Waals surface area contributed by atoms with Gasteiger partial charge in [0.15, 0.2) is 0 Å². The molecule has 0 saturated carbocycles. The number of benzene rings is 2. The predicted octanol–water partition coefficient (Wildman–Crippen LogP) is 2.71. The maximum Gasteiger partial charge on any atom is 0.307 e. The molecule has 0 aromatic heterocycles. The van der Waals surface area contributed by atoms with E-state index >= 15 is 0 Å². The molecule has 1 N–H and O–H groups in total. The second kappa shape index (κ2) is 4.65. The summed E-state index contributed by atoms with van der Waals surface area (Å²) >= 11 is 0. The van der Waals surface area contributed by atoms with Crippen LogP contribution in [0.4, 0.5) is 0 Å². The summed E-state index contributed by atoms with van der Waals surface area (Å²) in [6, 6.07) is 13.1. The maximum atomic E-state index is 10.6. The van der Waals surface area contributed by atoms with Crippen molar-refractivity contribution in [2.24, 2.45) is 0 Å². The van der Waals surface area contributed by atoms with Gasteiger partial charge in [-0.1, -0.05) is 24.3 Å². The van der Waals surface area contributed by atoms with Gasteiger partial charge in [0.1, 0.15) is 11.5 Å². The Kier molecular flexibility index (Phi) is 2.83. The van der Waals surface area contributed by atoms with E-state index in [0.717, 1.165) is 28.2 Å². The van der Waals surface area contributed by atoms with Gasteiger partial charge in [-0.25, -0.2) is 0 Å². The molecule has 1 heterocycles. The average Bonchev–Trinajstić information content (AvgIpc) is 2.40. The number of fused-ring (bicyclic) bond motifs is 2. The fraction of sp³-hybridized carbons (Fsp3) is 0.133. The van der Waals surface area contributed by atoms with Crippen LogP contribution < -0.4 is 9.47 Å². The van der Waals surface area contributed by atoms with Crippen LogP contribution in [-0.4, -0.2) is 17.9 Å². The normalized spacial score (nSPS) is 12.4. The minimum absolute atomic E-state index is 0.0381. The second-order valence-corrected chi connectivity index (χ2v) is 4.33. The number of carboxylic acid groups (broad SMARTS) is 1. The van der Waals surface area contributed by atoms with Crippen LogP contribution in [0.25, 0.3) is 11.1 Å². The van der Waals surface area contributed by atoms with Gasteiger partial charge in [0.25, 0.3) is 0 Å². The first-order chi connectivity index (χ1) is 9.22. The van der Waals surface area contributed by atoms with Crippen LogP contribution in [0.2, 0.25) is 0 Å². The molecule has 0 spiro atoms. The van der Waals surface area contributed by atoms with Gasteiger partial charge in [0.05, 0.1) is 6.42 Å². The van der Waals surface area contributed by atoms with Crippen molar-refractivity contribution in [3.05, 3.63) is 48.0 Å². The molecule has 0 unspecified atom stereocenters. The van der Waals surface area contributed by atoms with E-state index in [1.807, 2.05) is 42.5 Å². The van der Waals surface area contributed by atoms with Crippen molar-refractivity contribution >= 4 is 5.97 Å². The lowest BCUT2D eigenvalue weighted by Crippen LogP contribution is -2.10. The highest BCUT2D eigenvalue weighted by molar-refractivity contribution is 5.74. The highest BCUT2D eigenvalue weighted by Gasteiger charge is 2.13. The van der Waals surface area contributed by atoms with Crippen LogP contribution in [0, 0.1) is 0 Å². The molecule has 1 aliphatic heterocycles. The third-order valence-corrected chi connectivity index (χ3v) is 3.01. The van der Waals surface area contributed by atoms with Crippen molar-refractivity contribution in [3.63, 3.8) is 0 Å². The minimum atomic E-state index is -0.826. The van der Waals surface area contributed by atoms with E-state index in [1.54, 1.807) is 0 Å². The highest BCUT2D eigenvalue weighted by atomic mass is 16.7. The molecule has 0 aliphatic carbocycles. The molecule has 0 amide bonds. The number of carbonyl (C=O) groups is 1. The van der Waals surface area contributed by atoms with Crippen molar-refractivity contribution in [1.82, 2.24) is 0 Å². The number of hydrogen-bond acceptors (Lipinski definition) is 3. The molecule has 0 radical (unpaired) electrons. The van der Waals surface area contributed by atoms with Crippen molar-refractivity contribution in [2.75, 3.05) is 6.79 Å². The Morgan fingerprint density at radius 2 is 1.89 bits per heavy atom.